The summed E-state index contributed by atoms with van der Waals surface area (Å²) in [7, 11) is 3.24. The van der Waals surface area contributed by atoms with Gasteiger partial charge in [0.1, 0.15) is 0 Å². The molecular weight excluding hydrogens is 429 g/mol. The molecule has 3 atom stereocenters. The van der Waals surface area contributed by atoms with Gasteiger partial charge in [0.05, 0.1) is 13.0 Å². The summed E-state index contributed by atoms with van der Waals surface area (Å²) >= 11 is 0. The van der Waals surface area contributed by atoms with Gasteiger partial charge in [-0.1, -0.05) is 44.2 Å². The number of hydrogen-bond donors (Lipinski definition) is 1. The molecule has 1 aromatic carbocycles. The minimum Gasteiger partial charge on any atom is -0.469 e. The highest BCUT2D eigenvalue weighted by Crippen LogP contribution is 2.24. The Kier molecular flexibility index (Phi) is 9.24. The van der Waals surface area contributed by atoms with Crippen LogP contribution >= 0.6 is 24.0 Å². The normalized spacial score (nSPS) is 21.4. The van der Waals surface area contributed by atoms with Crippen molar-refractivity contribution in [1.82, 2.24) is 10.2 Å². The average molecular weight is 459 g/mol. The molecule has 6 heteroatoms. The van der Waals surface area contributed by atoms with Crippen LogP contribution in [0.3, 0.4) is 0 Å². The summed E-state index contributed by atoms with van der Waals surface area (Å²) < 4.78 is 4.90. The zero-order valence-electron chi connectivity index (χ0n) is 15.6. The van der Waals surface area contributed by atoms with E-state index in [2.05, 4.69) is 53.3 Å². The zero-order valence-corrected chi connectivity index (χ0v) is 17.9. The Morgan fingerprint density at radius 1 is 1.36 bits per heavy atom. The van der Waals surface area contributed by atoms with E-state index in [0.717, 1.165) is 25.5 Å². The van der Waals surface area contributed by atoms with Crippen molar-refractivity contribution in [3.05, 3.63) is 35.9 Å². The van der Waals surface area contributed by atoms with Crippen LogP contribution in [-0.2, 0) is 9.53 Å². The molecule has 5 nitrogen and oxygen atoms in total. The molecule has 0 aromatic heterocycles. The van der Waals surface area contributed by atoms with Crippen molar-refractivity contribution in [3.63, 3.8) is 0 Å². The molecule has 25 heavy (non-hydrogen) atoms. The lowest BCUT2D eigenvalue weighted by Crippen LogP contribution is -2.41. The molecule has 3 unspecified atom stereocenters. The Labute approximate surface area is 168 Å². The molecule has 2 rings (SSSR count). The van der Waals surface area contributed by atoms with Crippen molar-refractivity contribution >= 4 is 35.9 Å². The van der Waals surface area contributed by atoms with E-state index in [9.17, 15) is 4.79 Å². The van der Waals surface area contributed by atoms with E-state index < -0.39 is 0 Å². The lowest BCUT2D eigenvalue weighted by Gasteiger charge is -2.22. The van der Waals surface area contributed by atoms with E-state index in [1.807, 2.05) is 6.07 Å². The SMILES string of the molecule is CN=C(NCCC(C)c1ccccc1)N1CC(C)C(C(=O)OC)C1.I. The molecule has 0 radical (unpaired) electrons. The third-order valence-electron chi connectivity index (χ3n) is 4.86. The van der Waals surface area contributed by atoms with Crippen molar-refractivity contribution in [3.8, 4) is 0 Å². The van der Waals surface area contributed by atoms with Crippen LogP contribution < -0.4 is 5.32 Å². The number of aliphatic imine (C=N–C) groups is 1. The highest BCUT2D eigenvalue weighted by atomic mass is 127. The summed E-state index contributed by atoms with van der Waals surface area (Å²) in [5.41, 5.74) is 1.36. The first-order chi connectivity index (χ1) is 11.6. The highest BCUT2D eigenvalue weighted by Gasteiger charge is 2.36. The van der Waals surface area contributed by atoms with Gasteiger partial charge < -0.3 is 15.0 Å². The zero-order chi connectivity index (χ0) is 17.5. The van der Waals surface area contributed by atoms with E-state index in [1.165, 1.54) is 12.7 Å². The predicted octanol–water partition coefficient (Wildman–Crippen LogP) is 3.11. The van der Waals surface area contributed by atoms with Gasteiger partial charge in [-0.05, 0) is 23.8 Å². The Morgan fingerprint density at radius 3 is 2.64 bits per heavy atom. The summed E-state index contributed by atoms with van der Waals surface area (Å²) in [6, 6.07) is 10.5. The molecule has 1 aromatic rings. The van der Waals surface area contributed by atoms with Crippen molar-refractivity contribution in [2.24, 2.45) is 16.8 Å². The standard InChI is InChI=1S/C19H29N3O2.HI/c1-14(16-8-6-5-7-9-16)10-11-21-19(20-3)22-12-15(2)17(13-22)18(23)24-4;/h5-9,14-15,17H,10-13H2,1-4H3,(H,20,21);1H. The molecule has 1 saturated heterocycles. The molecule has 140 valence electrons. The maximum Gasteiger partial charge on any atom is 0.310 e. The molecule has 0 spiro atoms. The number of esters is 1. The fourth-order valence-corrected chi connectivity index (χ4v) is 3.28. The second kappa shape index (κ2) is 10.6. The second-order valence-corrected chi connectivity index (χ2v) is 6.59. The van der Waals surface area contributed by atoms with E-state index in [0.29, 0.717) is 12.5 Å². The van der Waals surface area contributed by atoms with Gasteiger partial charge in [-0.2, -0.15) is 0 Å². The average Bonchev–Trinajstić information content (AvgIpc) is 3.00. The van der Waals surface area contributed by atoms with Crippen LogP contribution in [0.15, 0.2) is 35.3 Å². The number of ether oxygens (including phenoxy) is 1. The van der Waals surface area contributed by atoms with Crippen LogP contribution in [0.4, 0.5) is 0 Å². The Bertz CT molecular complexity index is 565. The van der Waals surface area contributed by atoms with Crippen molar-refractivity contribution in [1.29, 1.82) is 0 Å². The maximum absolute atomic E-state index is 11.8. The number of carbonyl (C=O) groups is 1. The first-order valence-electron chi connectivity index (χ1n) is 8.65. The van der Waals surface area contributed by atoms with Gasteiger partial charge in [0.25, 0.3) is 0 Å². The number of likely N-dealkylation sites (tertiary alicyclic amines) is 1. The van der Waals surface area contributed by atoms with Gasteiger partial charge in [-0.25, -0.2) is 0 Å². The number of guanidine groups is 1. The third-order valence-corrected chi connectivity index (χ3v) is 4.86. The van der Waals surface area contributed by atoms with E-state index >= 15 is 0 Å². The van der Waals surface area contributed by atoms with Crippen molar-refractivity contribution in [2.75, 3.05) is 33.8 Å². The van der Waals surface area contributed by atoms with Crippen LogP contribution in [0.25, 0.3) is 0 Å². The summed E-state index contributed by atoms with van der Waals surface area (Å²) in [6.45, 7) is 6.68. The number of halogens is 1. The lowest BCUT2D eigenvalue weighted by molar-refractivity contribution is -0.145. The first kappa shape index (κ1) is 21.7. The topological polar surface area (TPSA) is 53.9 Å². The largest absolute Gasteiger partial charge is 0.469 e. The van der Waals surface area contributed by atoms with E-state index in [-0.39, 0.29) is 41.8 Å². The Morgan fingerprint density at radius 2 is 2.04 bits per heavy atom. The summed E-state index contributed by atoms with van der Waals surface area (Å²) in [4.78, 5) is 18.4. The quantitative estimate of drug-likeness (QED) is 0.318. The first-order valence-corrected chi connectivity index (χ1v) is 8.65. The fourth-order valence-electron chi connectivity index (χ4n) is 3.28. The maximum atomic E-state index is 11.8. The third kappa shape index (κ3) is 5.87. The summed E-state index contributed by atoms with van der Waals surface area (Å²) in [6.07, 6.45) is 1.03. The second-order valence-electron chi connectivity index (χ2n) is 6.59. The van der Waals surface area contributed by atoms with Crippen LogP contribution in [0, 0.1) is 11.8 Å². The highest BCUT2D eigenvalue weighted by molar-refractivity contribution is 14.0. The van der Waals surface area contributed by atoms with E-state index in [4.69, 9.17) is 4.74 Å². The molecule has 0 bridgehead atoms. The molecular formula is C19H30IN3O2. The number of benzene rings is 1. The number of rotatable bonds is 5. The minimum absolute atomic E-state index is 0. The number of nitrogens with one attached hydrogen (secondary N) is 1. The summed E-state index contributed by atoms with van der Waals surface area (Å²) in [5.74, 6) is 1.44. The fraction of sp³-hybridized carbons (Fsp3) is 0.579. The molecule has 1 heterocycles. The predicted molar refractivity (Wildman–Crippen MR) is 112 cm³/mol. The van der Waals surface area contributed by atoms with Crippen LogP contribution in [-0.4, -0.2) is 50.6 Å². The van der Waals surface area contributed by atoms with Gasteiger partial charge in [0, 0.05) is 26.7 Å². The van der Waals surface area contributed by atoms with Crippen LogP contribution in [0.5, 0.6) is 0 Å². The van der Waals surface area contributed by atoms with Gasteiger partial charge in [-0.15, -0.1) is 24.0 Å². The Balaban J connectivity index is 0.00000312. The summed E-state index contributed by atoms with van der Waals surface area (Å²) in [5, 5.41) is 3.43. The van der Waals surface area contributed by atoms with Crippen molar-refractivity contribution in [2.45, 2.75) is 26.2 Å². The smallest absolute Gasteiger partial charge is 0.310 e. The van der Waals surface area contributed by atoms with Gasteiger partial charge >= 0.3 is 5.97 Å². The van der Waals surface area contributed by atoms with Crippen LogP contribution in [0.1, 0.15) is 31.7 Å². The minimum atomic E-state index is -0.127. The van der Waals surface area contributed by atoms with Gasteiger partial charge in [-0.3, -0.25) is 9.79 Å². The molecule has 1 aliphatic rings. The molecule has 0 amide bonds. The monoisotopic (exact) mass is 459 g/mol. The molecule has 1 N–H and O–H groups in total. The number of hydrogen-bond acceptors (Lipinski definition) is 3. The molecule has 1 fully saturated rings. The van der Waals surface area contributed by atoms with Crippen LogP contribution in [0.2, 0.25) is 0 Å². The Hall–Kier alpha value is -1.31. The van der Waals surface area contributed by atoms with Gasteiger partial charge in [0.2, 0.25) is 0 Å². The number of carbonyl (C=O) groups excluding carboxylic acids is 1. The van der Waals surface area contributed by atoms with Gasteiger partial charge in [0.15, 0.2) is 5.96 Å². The number of nitrogens with zero attached hydrogens (tertiary/aromatic N) is 2. The van der Waals surface area contributed by atoms with Crippen molar-refractivity contribution < 1.29 is 9.53 Å². The molecule has 0 saturated carbocycles. The van der Waals surface area contributed by atoms with E-state index in [1.54, 1.807) is 7.05 Å². The molecule has 0 aliphatic carbocycles. The molecule has 1 aliphatic heterocycles. The lowest BCUT2D eigenvalue weighted by atomic mass is 9.98. The number of methoxy groups -OCH3 is 1.